The van der Waals surface area contributed by atoms with E-state index in [1.54, 1.807) is 11.6 Å². The van der Waals surface area contributed by atoms with Gasteiger partial charge in [0, 0.05) is 18.1 Å². The van der Waals surface area contributed by atoms with E-state index >= 15 is 0 Å². The molecule has 0 unspecified atom stereocenters. The first-order valence-electron chi connectivity index (χ1n) is 11.0. The molecule has 0 aliphatic rings. The van der Waals surface area contributed by atoms with Crippen molar-refractivity contribution < 1.29 is 4.79 Å². The highest BCUT2D eigenvalue weighted by Gasteiger charge is 2.22. The summed E-state index contributed by atoms with van der Waals surface area (Å²) in [6.45, 7) is 5.59. The molecular formula is C26H24N6O2. The van der Waals surface area contributed by atoms with Crippen LogP contribution < -0.4 is 10.9 Å². The molecule has 0 aliphatic heterocycles. The summed E-state index contributed by atoms with van der Waals surface area (Å²) in [5, 5.41) is 12.4. The van der Waals surface area contributed by atoms with Gasteiger partial charge in [-0.3, -0.25) is 9.59 Å². The predicted octanol–water partition coefficient (Wildman–Crippen LogP) is 3.94. The Balaban J connectivity index is 1.60. The average Bonchev–Trinajstić information content (AvgIpc) is 3.48. The van der Waals surface area contributed by atoms with Crippen molar-refractivity contribution in [2.75, 3.05) is 5.32 Å². The molecule has 0 saturated heterocycles. The van der Waals surface area contributed by atoms with Crippen LogP contribution in [-0.2, 0) is 11.3 Å². The van der Waals surface area contributed by atoms with E-state index in [2.05, 4.69) is 10.4 Å². The lowest BCUT2D eigenvalue weighted by Gasteiger charge is -2.10. The second-order valence-electron chi connectivity index (χ2n) is 8.28. The van der Waals surface area contributed by atoms with E-state index in [1.165, 1.54) is 4.68 Å². The Kier molecular flexibility index (Phi) is 5.33. The lowest BCUT2D eigenvalue weighted by molar-refractivity contribution is -0.117. The molecule has 3 heterocycles. The third kappa shape index (κ3) is 3.79. The van der Waals surface area contributed by atoms with E-state index in [0.29, 0.717) is 28.1 Å². The Hall–Kier alpha value is -4.46. The number of nitrogens with one attached hydrogen (secondary N) is 1. The molecule has 8 heteroatoms. The molecule has 1 N–H and O–H groups in total. The minimum absolute atomic E-state index is 0.204. The van der Waals surface area contributed by atoms with Crippen molar-refractivity contribution in [3.8, 4) is 11.5 Å². The lowest BCUT2D eigenvalue weighted by atomic mass is 10.1. The molecule has 0 bridgehead atoms. The van der Waals surface area contributed by atoms with Gasteiger partial charge in [0.2, 0.25) is 5.91 Å². The highest BCUT2D eigenvalue weighted by Crippen LogP contribution is 2.24. The van der Waals surface area contributed by atoms with Gasteiger partial charge < -0.3 is 9.88 Å². The van der Waals surface area contributed by atoms with Crippen LogP contribution in [0, 0.1) is 20.8 Å². The summed E-state index contributed by atoms with van der Waals surface area (Å²) in [5.74, 6) is 0.277. The Bertz CT molecular complexity index is 1560. The topological polar surface area (TPSA) is 86.7 Å². The van der Waals surface area contributed by atoms with Gasteiger partial charge in [-0.15, -0.1) is 0 Å². The molecule has 3 aromatic heterocycles. The van der Waals surface area contributed by atoms with Gasteiger partial charge in [0.1, 0.15) is 17.4 Å². The largest absolute Gasteiger partial charge is 0.324 e. The van der Waals surface area contributed by atoms with Crippen LogP contribution in [0.4, 0.5) is 5.69 Å². The van der Waals surface area contributed by atoms with E-state index in [1.807, 2.05) is 91.5 Å². The maximum Gasteiger partial charge on any atom is 0.280 e. The molecule has 0 radical (unpaired) electrons. The van der Waals surface area contributed by atoms with Gasteiger partial charge in [-0.2, -0.15) is 10.2 Å². The zero-order chi connectivity index (χ0) is 23.8. The molecule has 0 spiro atoms. The van der Waals surface area contributed by atoms with Crippen LogP contribution in [0.3, 0.4) is 0 Å². The second kappa shape index (κ2) is 8.47. The van der Waals surface area contributed by atoms with Crippen molar-refractivity contribution in [1.82, 2.24) is 24.1 Å². The van der Waals surface area contributed by atoms with Gasteiger partial charge in [0.05, 0.1) is 11.4 Å². The van der Waals surface area contributed by atoms with Gasteiger partial charge >= 0.3 is 0 Å². The molecule has 8 nitrogen and oxygen atoms in total. The number of amides is 1. The summed E-state index contributed by atoms with van der Waals surface area (Å²) in [6, 6.07) is 19.1. The molecule has 5 aromatic rings. The number of carbonyl (C=O) groups is 1. The Morgan fingerprint density at radius 3 is 2.35 bits per heavy atom. The normalized spacial score (nSPS) is 11.1. The number of para-hydroxylation sites is 1. The van der Waals surface area contributed by atoms with E-state index in [-0.39, 0.29) is 18.0 Å². The molecule has 170 valence electrons. The predicted molar refractivity (Wildman–Crippen MR) is 132 cm³/mol. The minimum Gasteiger partial charge on any atom is -0.324 e. The number of fused-ring (bicyclic) bond motifs is 1. The van der Waals surface area contributed by atoms with Crippen molar-refractivity contribution in [2.45, 2.75) is 27.3 Å². The third-order valence-corrected chi connectivity index (χ3v) is 5.86. The summed E-state index contributed by atoms with van der Waals surface area (Å²) in [4.78, 5) is 26.4. The van der Waals surface area contributed by atoms with Crippen LogP contribution >= 0.6 is 0 Å². The third-order valence-electron chi connectivity index (χ3n) is 5.86. The molecule has 0 saturated carbocycles. The standard InChI is InChI=1S/C26H24N6O2/c1-17-11-12-20(15-18(17)2)27-22(33)16-31-26(34)23-24(19(3)28-31)29-32(21-9-5-4-6-10-21)25(23)30-13-7-8-14-30/h4-15H,16H2,1-3H3,(H,27,33). The first kappa shape index (κ1) is 21.4. The quantitative estimate of drug-likeness (QED) is 0.438. The SMILES string of the molecule is Cc1ccc(NC(=O)Cn2nc(C)c3nn(-c4ccccc4)c(-n4cccc4)c3c2=O)cc1C. The number of carbonyl (C=O) groups excluding carboxylic acids is 1. The van der Waals surface area contributed by atoms with Crippen molar-refractivity contribution in [2.24, 2.45) is 0 Å². The number of benzene rings is 2. The van der Waals surface area contributed by atoms with Crippen LogP contribution in [0.2, 0.25) is 0 Å². The van der Waals surface area contributed by atoms with Gasteiger partial charge in [0.15, 0.2) is 5.82 Å². The van der Waals surface area contributed by atoms with Crippen molar-refractivity contribution in [3.05, 3.63) is 100 Å². The van der Waals surface area contributed by atoms with E-state index in [9.17, 15) is 9.59 Å². The Labute approximate surface area is 196 Å². The first-order chi connectivity index (χ1) is 16.4. The number of nitrogens with zero attached hydrogens (tertiary/aromatic N) is 5. The summed E-state index contributed by atoms with van der Waals surface area (Å²) < 4.78 is 4.79. The van der Waals surface area contributed by atoms with Gasteiger partial charge in [-0.25, -0.2) is 9.36 Å². The molecule has 0 fully saturated rings. The molecule has 34 heavy (non-hydrogen) atoms. The summed E-state index contributed by atoms with van der Waals surface area (Å²) >= 11 is 0. The molecule has 5 rings (SSSR count). The fourth-order valence-electron chi connectivity index (χ4n) is 3.99. The highest BCUT2D eigenvalue weighted by atomic mass is 16.2. The fraction of sp³-hybridized carbons (Fsp3) is 0.154. The van der Waals surface area contributed by atoms with Crippen LogP contribution in [0.1, 0.15) is 16.8 Å². The number of anilines is 1. The Morgan fingerprint density at radius 2 is 1.65 bits per heavy atom. The van der Waals surface area contributed by atoms with Crippen molar-refractivity contribution in [3.63, 3.8) is 0 Å². The van der Waals surface area contributed by atoms with Crippen LogP contribution in [0.5, 0.6) is 0 Å². The van der Waals surface area contributed by atoms with Crippen LogP contribution in [0.15, 0.2) is 77.9 Å². The van der Waals surface area contributed by atoms with Crippen molar-refractivity contribution in [1.29, 1.82) is 0 Å². The lowest BCUT2D eigenvalue weighted by Crippen LogP contribution is -2.30. The van der Waals surface area contributed by atoms with Gasteiger partial charge in [0.25, 0.3) is 5.56 Å². The van der Waals surface area contributed by atoms with Gasteiger partial charge in [-0.1, -0.05) is 24.3 Å². The first-order valence-corrected chi connectivity index (χ1v) is 11.0. The summed E-state index contributed by atoms with van der Waals surface area (Å²) in [5.41, 5.74) is 4.42. The molecule has 2 aromatic carbocycles. The van der Waals surface area contributed by atoms with E-state index in [4.69, 9.17) is 5.10 Å². The molecule has 1 amide bonds. The number of rotatable bonds is 5. The maximum atomic E-state index is 13.6. The number of aromatic nitrogens is 5. The zero-order valence-electron chi connectivity index (χ0n) is 19.2. The monoisotopic (exact) mass is 452 g/mol. The van der Waals surface area contributed by atoms with Crippen LogP contribution in [-0.4, -0.2) is 30.0 Å². The van der Waals surface area contributed by atoms with Gasteiger partial charge in [-0.05, 0) is 68.3 Å². The number of hydrogen-bond acceptors (Lipinski definition) is 4. The van der Waals surface area contributed by atoms with Crippen LogP contribution in [0.25, 0.3) is 22.4 Å². The summed E-state index contributed by atoms with van der Waals surface area (Å²) in [6.07, 6.45) is 3.73. The van der Waals surface area contributed by atoms with Crippen molar-refractivity contribution >= 4 is 22.5 Å². The average molecular weight is 453 g/mol. The molecular weight excluding hydrogens is 428 g/mol. The number of hydrogen-bond donors (Lipinski definition) is 1. The highest BCUT2D eigenvalue weighted by molar-refractivity contribution is 5.91. The van der Waals surface area contributed by atoms with E-state index in [0.717, 1.165) is 16.8 Å². The minimum atomic E-state index is -0.373. The molecule has 0 aliphatic carbocycles. The molecule has 0 atom stereocenters. The zero-order valence-corrected chi connectivity index (χ0v) is 19.2. The second-order valence-corrected chi connectivity index (χ2v) is 8.28. The summed E-state index contributed by atoms with van der Waals surface area (Å²) in [7, 11) is 0. The Morgan fingerprint density at radius 1 is 0.912 bits per heavy atom. The number of aryl methyl sites for hydroxylation is 3. The maximum absolute atomic E-state index is 13.6. The van der Waals surface area contributed by atoms with E-state index < -0.39 is 0 Å². The fourth-order valence-corrected chi connectivity index (χ4v) is 3.99. The smallest absolute Gasteiger partial charge is 0.280 e.